The van der Waals surface area contributed by atoms with Crippen LogP contribution in [-0.4, -0.2) is 39.3 Å². The van der Waals surface area contributed by atoms with E-state index in [1.165, 1.54) is 12.3 Å². The number of carbonyl (C=O) groups excluding carboxylic acids is 2. The number of amides is 2. The molecule has 1 aliphatic rings. The number of rotatable bonds is 3. The fourth-order valence-corrected chi connectivity index (χ4v) is 3.59. The number of nitrogens with one attached hydrogen (secondary N) is 2. The minimum absolute atomic E-state index is 0.0689. The lowest BCUT2D eigenvalue weighted by Crippen LogP contribution is -2.61. The summed E-state index contributed by atoms with van der Waals surface area (Å²) >= 11 is 0. The maximum absolute atomic E-state index is 14.0. The lowest BCUT2D eigenvalue weighted by Gasteiger charge is -2.39. The molecule has 1 fully saturated rings. The van der Waals surface area contributed by atoms with Gasteiger partial charge in [-0.05, 0) is 52.2 Å². The highest BCUT2D eigenvalue weighted by Gasteiger charge is 2.46. The highest BCUT2D eigenvalue weighted by molar-refractivity contribution is 6.04. The molecule has 0 saturated heterocycles. The summed E-state index contributed by atoms with van der Waals surface area (Å²) in [6.45, 7) is 5.12. The number of benzene rings is 1. The molecular weight excluding hydrogens is 396 g/mol. The summed E-state index contributed by atoms with van der Waals surface area (Å²) in [7, 11) is 0. The molecule has 9 heteroatoms. The van der Waals surface area contributed by atoms with Crippen LogP contribution in [0.3, 0.4) is 0 Å². The first-order valence-electron chi connectivity index (χ1n) is 9.77. The van der Waals surface area contributed by atoms with E-state index in [9.17, 15) is 23.5 Å². The molecule has 1 aliphatic carbocycles. The Morgan fingerprint density at radius 3 is 2.70 bits per heavy atom. The predicted octanol–water partition coefficient (Wildman–Crippen LogP) is 3.65. The first-order chi connectivity index (χ1) is 14.0. The molecule has 3 rings (SSSR count). The van der Waals surface area contributed by atoms with Gasteiger partial charge in [-0.1, -0.05) is 6.42 Å². The van der Waals surface area contributed by atoms with Gasteiger partial charge in [0.05, 0.1) is 11.7 Å². The van der Waals surface area contributed by atoms with Crippen LogP contribution in [0.25, 0.3) is 10.9 Å². The summed E-state index contributed by atoms with van der Waals surface area (Å²) in [5, 5.41) is 16.3. The van der Waals surface area contributed by atoms with E-state index in [0.29, 0.717) is 25.3 Å². The van der Waals surface area contributed by atoms with Gasteiger partial charge in [-0.15, -0.1) is 0 Å². The van der Waals surface area contributed by atoms with E-state index in [-0.39, 0.29) is 23.0 Å². The van der Waals surface area contributed by atoms with Gasteiger partial charge in [0.25, 0.3) is 5.91 Å². The van der Waals surface area contributed by atoms with Crippen molar-refractivity contribution in [1.29, 1.82) is 0 Å². The highest BCUT2D eigenvalue weighted by atomic mass is 19.1. The largest absolute Gasteiger partial charge is 0.444 e. The van der Waals surface area contributed by atoms with Gasteiger partial charge in [-0.25, -0.2) is 13.6 Å². The van der Waals surface area contributed by atoms with Crippen molar-refractivity contribution < 1.29 is 28.2 Å². The smallest absolute Gasteiger partial charge is 0.407 e. The van der Waals surface area contributed by atoms with Crippen LogP contribution in [0.1, 0.15) is 46.5 Å². The first kappa shape index (κ1) is 21.9. The highest BCUT2D eigenvalue weighted by Crippen LogP contribution is 2.32. The van der Waals surface area contributed by atoms with E-state index in [2.05, 4.69) is 15.6 Å². The van der Waals surface area contributed by atoms with E-state index >= 15 is 0 Å². The molecule has 0 spiro atoms. The number of aromatic nitrogens is 1. The van der Waals surface area contributed by atoms with Crippen LogP contribution in [0.15, 0.2) is 24.4 Å². The molecule has 0 bridgehead atoms. The Bertz CT molecular complexity index is 977. The van der Waals surface area contributed by atoms with Crippen molar-refractivity contribution in [2.45, 2.75) is 63.7 Å². The Morgan fingerprint density at radius 1 is 1.27 bits per heavy atom. The average molecular weight is 421 g/mol. The SMILES string of the molecule is CC(C)(C)OC(=O)NC1CCCCC1(O)C(=O)Nc1ccnc2c(F)cc(F)cc12. The van der Waals surface area contributed by atoms with Gasteiger partial charge in [0.15, 0.2) is 11.4 Å². The summed E-state index contributed by atoms with van der Waals surface area (Å²) in [5.41, 5.74) is -2.63. The number of alkyl carbamates (subject to hydrolysis) is 1. The number of aliphatic hydroxyl groups is 1. The van der Waals surface area contributed by atoms with Crippen LogP contribution in [0.4, 0.5) is 19.3 Å². The van der Waals surface area contributed by atoms with Crippen molar-refractivity contribution in [3.8, 4) is 0 Å². The molecule has 7 nitrogen and oxygen atoms in total. The first-order valence-corrected chi connectivity index (χ1v) is 9.77. The van der Waals surface area contributed by atoms with E-state index in [0.717, 1.165) is 6.07 Å². The van der Waals surface area contributed by atoms with E-state index in [1.54, 1.807) is 20.8 Å². The average Bonchev–Trinajstić information content (AvgIpc) is 2.62. The van der Waals surface area contributed by atoms with Crippen LogP contribution in [0.2, 0.25) is 0 Å². The molecule has 0 radical (unpaired) electrons. The van der Waals surface area contributed by atoms with Crippen molar-refractivity contribution >= 4 is 28.6 Å². The van der Waals surface area contributed by atoms with Crippen LogP contribution in [0.5, 0.6) is 0 Å². The van der Waals surface area contributed by atoms with Gasteiger partial charge in [0.2, 0.25) is 0 Å². The van der Waals surface area contributed by atoms with Crippen molar-refractivity contribution in [3.05, 3.63) is 36.0 Å². The molecule has 2 atom stereocenters. The van der Waals surface area contributed by atoms with Crippen molar-refractivity contribution in [2.24, 2.45) is 0 Å². The van der Waals surface area contributed by atoms with E-state index < -0.39 is 40.9 Å². The van der Waals surface area contributed by atoms with Gasteiger partial charge in [0, 0.05) is 17.6 Å². The van der Waals surface area contributed by atoms with Gasteiger partial charge in [-0.2, -0.15) is 0 Å². The number of carbonyl (C=O) groups is 2. The standard InChI is InChI=1S/C21H25F2N3O4/c1-20(2,3)30-19(28)26-16-6-4-5-8-21(16,29)18(27)25-15-7-9-24-17-13(15)10-12(22)11-14(17)23/h7,9-11,16,29H,4-6,8H2,1-3H3,(H,26,28)(H,24,25,27). The number of nitrogens with zero attached hydrogens (tertiary/aromatic N) is 1. The summed E-state index contributed by atoms with van der Waals surface area (Å²) < 4.78 is 32.9. The number of halogens is 2. The van der Waals surface area contributed by atoms with Crippen LogP contribution in [0, 0.1) is 11.6 Å². The maximum atomic E-state index is 14.0. The van der Waals surface area contributed by atoms with E-state index in [4.69, 9.17) is 4.74 Å². The minimum Gasteiger partial charge on any atom is -0.444 e. The van der Waals surface area contributed by atoms with Crippen molar-refractivity contribution in [2.75, 3.05) is 5.32 Å². The van der Waals surface area contributed by atoms with Gasteiger partial charge < -0.3 is 20.5 Å². The number of anilines is 1. The number of hydrogen-bond donors (Lipinski definition) is 3. The predicted molar refractivity (Wildman–Crippen MR) is 107 cm³/mol. The second-order valence-electron chi connectivity index (χ2n) is 8.47. The fraction of sp³-hybridized carbons (Fsp3) is 0.476. The molecule has 1 aromatic carbocycles. The third kappa shape index (κ3) is 4.67. The summed E-state index contributed by atoms with van der Waals surface area (Å²) in [4.78, 5) is 29.1. The molecule has 30 heavy (non-hydrogen) atoms. The zero-order valence-electron chi connectivity index (χ0n) is 17.1. The van der Waals surface area contributed by atoms with Gasteiger partial charge in [0.1, 0.15) is 16.9 Å². The van der Waals surface area contributed by atoms with Crippen LogP contribution in [-0.2, 0) is 9.53 Å². The zero-order valence-corrected chi connectivity index (χ0v) is 17.1. The minimum atomic E-state index is -1.91. The Kier molecular flexibility index (Phi) is 5.94. The molecular formula is C21H25F2N3O4. The Balaban J connectivity index is 1.85. The Morgan fingerprint density at radius 2 is 2.00 bits per heavy atom. The second kappa shape index (κ2) is 8.14. The Labute approximate surface area is 172 Å². The Hall–Kier alpha value is -2.81. The van der Waals surface area contributed by atoms with Crippen molar-refractivity contribution in [1.82, 2.24) is 10.3 Å². The van der Waals surface area contributed by atoms with Crippen LogP contribution >= 0.6 is 0 Å². The molecule has 3 N–H and O–H groups in total. The number of hydrogen-bond acceptors (Lipinski definition) is 5. The zero-order chi connectivity index (χ0) is 22.1. The third-order valence-electron chi connectivity index (χ3n) is 4.97. The molecule has 0 aliphatic heterocycles. The molecule has 2 aromatic rings. The molecule has 1 aromatic heterocycles. The topological polar surface area (TPSA) is 101 Å². The maximum Gasteiger partial charge on any atom is 0.407 e. The molecule has 2 amide bonds. The molecule has 1 heterocycles. The fourth-order valence-electron chi connectivity index (χ4n) is 3.59. The molecule has 1 saturated carbocycles. The summed E-state index contributed by atoms with van der Waals surface area (Å²) in [5.74, 6) is -2.45. The lowest BCUT2D eigenvalue weighted by molar-refractivity contribution is -0.140. The molecule has 2 unspecified atom stereocenters. The number of ether oxygens (including phenoxy) is 1. The number of pyridine rings is 1. The van der Waals surface area contributed by atoms with Gasteiger partial charge >= 0.3 is 6.09 Å². The number of fused-ring (bicyclic) bond motifs is 1. The summed E-state index contributed by atoms with van der Waals surface area (Å²) in [6.07, 6.45) is 2.33. The monoisotopic (exact) mass is 421 g/mol. The van der Waals surface area contributed by atoms with Crippen molar-refractivity contribution in [3.63, 3.8) is 0 Å². The van der Waals surface area contributed by atoms with Gasteiger partial charge in [-0.3, -0.25) is 9.78 Å². The quantitative estimate of drug-likeness (QED) is 0.702. The normalized spacial score (nSPS) is 21.9. The van der Waals surface area contributed by atoms with E-state index in [1.807, 2.05) is 0 Å². The lowest BCUT2D eigenvalue weighted by atomic mass is 9.79. The van der Waals surface area contributed by atoms with Crippen LogP contribution < -0.4 is 10.6 Å². The second-order valence-corrected chi connectivity index (χ2v) is 8.47. The molecule has 162 valence electrons. The summed E-state index contributed by atoms with van der Waals surface area (Å²) in [6, 6.07) is 2.28. The third-order valence-corrected chi connectivity index (χ3v) is 4.97.